The molecule has 4 rings (SSSR count). The van der Waals surface area contributed by atoms with E-state index >= 15 is 0 Å². The summed E-state index contributed by atoms with van der Waals surface area (Å²) in [5.74, 6) is 1.52. The molecule has 150 valence electrons. The molecule has 2 fully saturated rings. The topological polar surface area (TPSA) is 75.8 Å². The van der Waals surface area contributed by atoms with Gasteiger partial charge in [-0.15, -0.1) is 0 Å². The lowest BCUT2D eigenvalue weighted by atomic mass is 9.53. The van der Waals surface area contributed by atoms with Gasteiger partial charge in [-0.1, -0.05) is 5.16 Å². The van der Waals surface area contributed by atoms with E-state index in [-0.39, 0.29) is 11.3 Å². The molecule has 1 saturated carbocycles. The molecule has 2 heterocycles. The van der Waals surface area contributed by atoms with E-state index in [1.165, 1.54) is 0 Å². The SMILES string of the molecule is Cc1noc(C)c1COc1ccc(C(=O)N2CCC3(CC2)CCC3(C)O)cc1. The molecule has 1 atom stereocenters. The van der Waals surface area contributed by atoms with E-state index in [0.29, 0.717) is 31.0 Å². The van der Waals surface area contributed by atoms with Gasteiger partial charge in [0.05, 0.1) is 16.9 Å². The summed E-state index contributed by atoms with van der Waals surface area (Å²) in [7, 11) is 0. The average molecular weight is 384 g/mol. The fourth-order valence-corrected chi connectivity index (χ4v) is 4.51. The summed E-state index contributed by atoms with van der Waals surface area (Å²) < 4.78 is 11.0. The first-order valence-electron chi connectivity index (χ1n) is 9.98. The number of aryl methyl sites for hydroxylation is 2. The van der Waals surface area contributed by atoms with Gasteiger partial charge < -0.3 is 19.3 Å². The van der Waals surface area contributed by atoms with Crippen LogP contribution >= 0.6 is 0 Å². The largest absolute Gasteiger partial charge is 0.489 e. The van der Waals surface area contributed by atoms with E-state index < -0.39 is 5.60 Å². The Hall–Kier alpha value is -2.34. The van der Waals surface area contributed by atoms with Crippen molar-refractivity contribution in [2.45, 2.75) is 58.7 Å². The lowest BCUT2D eigenvalue weighted by Gasteiger charge is -2.58. The second kappa shape index (κ2) is 6.92. The zero-order valence-electron chi connectivity index (χ0n) is 16.8. The van der Waals surface area contributed by atoms with Gasteiger partial charge in [0.25, 0.3) is 5.91 Å². The fourth-order valence-electron chi connectivity index (χ4n) is 4.51. The molecule has 2 aliphatic rings. The summed E-state index contributed by atoms with van der Waals surface area (Å²) in [6, 6.07) is 7.28. The van der Waals surface area contributed by atoms with E-state index in [1.807, 2.05) is 49.9 Å². The number of benzene rings is 1. The van der Waals surface area contributed by atoms with Gasteiger partial charge in [-0.05, 0) is 70.7 Å². The quantitative estimate of drug-likeness (QED) is 0.871. The van der Waals surface area contributed by atoms with Gasteiger partial charge >= 0.3 is 0 Å². The first-order valence-corrected chi connectivity index (χ1v) is 9.98. The minimum atomic E-state index is -0.567. The molecule has 1 N–H and O–H groups in total. The number of amides is 1. The van der Waals surface area contributed by atoms with Crippen molar-refractivity contribution >= 4 is 5.91 Å². The van der Waals surface area contributed by atoms with E-state index in [9.17, 15) is 9.90 Å². The van der Waals surface area contributed by atoms with E-state index in [4.69, 9.17) is 9.26 Å². The van der Waals surface area contributed by atoms with Crippen LogP contribution in [0.2, 0.25) is 0 Å². The first-order chi connectivity index (χ1) is 13.3. The molecule has 1 saturated heterocycles. The van der Waals surface area contributed by atoms with Crippen LogP contribution in [0.5, 0.6) is 5.75 Å². The Balaban J connectivity index is 1.34. The van der Waals surface area contributed by atoms with Crippen molar-refractivity contribution < 1.29 is 19.2 Å². The molecular weight excluding hydrogens is 356 g/mol. The number of likely N-dealkylation sites (tertiary alicyclic amines) is 1. The van der Waals surface area contributed by atoms with Crippen LogP contribution in [0.15, 0.2) is 28.8 Å². The molecule has 1 unspecified atom stereocenters. The number of carbonyl (C=O) groups excluding carboxylic acids is 1. The van der Waals surface area contributed by atoms with Crippen LogP contribution in [0.3, 0.4) is 0 Å². The van der Waals surface area contributed by atoms with Crippen molar-refractivity contribution in [3.63, 3.8) is 0 Å². The molecule has 28 heavy (non-hydrogen) atoms. The Morgan fingerprint density at radius 3 is 2.36 bits per heavy atom. The van der Waals surface area contributed by atoms with Crippen molar-refractivity contribution in [1.82, 2.24) is 10.1 Å². The van der Waals surface area contributed by atoms with Crippen molar-refractivity contribution in [2.75, 3.05) is 13.1 Å². The number of rotatable bonds is 4. The van der Waals surface area contributed by atoms with Crippen molar-refractivity contribution in [3.8, 4) is 5.75 Å². The van der Waals surface area contributed by atoms with Gasteiger partial charge in [0.1, 0.15) is 18.1 Å². The third-order valence-corrected chi connectivity index (χ3v) is 6.91. The van der Waals surface area contributed by atoms with Crippen LogP contribution in [0, 0.1) is 19.3 Å². The molecule has 1 spiro atoms. The van der Waals surface area contributed by atoms with Crippen molar-refractivity contribution in [1.29, 1.82) is 0 Å². The summed E-state index contributed by atoms with van der Waals surface area (Å²) in [5.41, 5.74) is 1.90. The molecule has 6 nitrogen and oxygen atoms in total. The highest BCUT2D eigenvalue weighted by Gasteiger charge is 2.55. The highest BCUT2D eigenvalue weighted by molar-refractivity contribution is 5.94. The second-order valence-electron chi connectivity index (χ2n) is 8.46. The van der Waals surface area contributed by atoms with Crippen LogP contribution in [-0.4, -0.2) is 39.8 Å². The molecule has 0 bridgehead atoms. The number of hydrogen-bond donors (Lipinski definition) is 1. The Bertz CT molecular complexity index is 842. The minimum absolute atomic E-state index is 0.0136. The smallest absolute Gasteiger partial charge is 0.253 e. The molecule has 1 aromatic carbocycles. The van der Waals surface area contributed by atoms with Gasteiger partial charge in [-0.3, -0.25) is 4.79 Å². The highest BCUT2D eigenvalue weighted by atomic mass is 16.5. The number of piperidine rings is 1. The predicted octanol–water partition coefficient (Wildman–Crippen LogP) is 3.64. The van der Waals surface area contributed by atoms with Crippen LogP contribution in [0.25, 0.3) is 0 Å². The molecule has 1 aliphatic heterocycles. The lowest BCUT2D eigenvalue weighted by molar-refractivity contribution is -0.174. The molecular formula is C22H28N2O4. The maximum Gasteiger partial charge on any atom is 0.253 e. The predicted molar refractivity (Wildman–Crippen MR) is 104 cm³/mol. The Kier molecular flexibility index (Phi) is 4.70. The average Bonchev–Trinajstić information content (AvgIpc) is 3.03. The maximum atomic E-state index is 12.8. The van der Waals surface area contributed by atoms with Gasteiger partial charge in [0, 0.05) is 24.1 Å². The van der Waals surface area contributed by atoms with Crippen LogP contribution < -0.4 is 4.74 Å². The number of aromatic nitrogens is 1. The van der Waals surface area contributed by atoms with Gasteiger partial charge in [0.15, 0.2) is 0 Å². The lowest BCUT2D eigenvalue weighted by Crippen LogP contribution is -2.60. The number of hydrogen-bond acceptors (Lipinski definition) is 5. The number of ether oxygens (including phenoxy) is 1. The zero-order chi connectivity index (χ0) is 19.9. The minimum Gasteiger partial charge on any atom is -0.489 e. The van der Waals surface area contributed by atoms with Crippen LogP contribution in [0.4, 0.5) is 0 Å². The molecule has 1 aliphatic carbocycles. The number of aliphatic hydroxyl groups is 1. The number of carbonyl (C=O) groups is 1. The zero-order valence-corrected chi connectivity index (χ0v) is 16.8. The summed E-state index contributed by atoms with van der Waals surface area (Å²) >= 11 is 0. The normalized spacial score (nSPS) is 23.5. The summed E-state index contributed by atoms with van der Waals surface area (Å²) in [6.07, 6.45) is 3.70. The molecule has 0 radical (unpaired) electrons. The molecule has 1 amide bonds. The van der Waals surface area contributed by atoms with Gasteiger partial charge in [-0.25, -0.2) is 0 Å². The van der Waals surface area contributed by atoms with Crippen molar-refractivity contribution in [3.05, 3.63) is 46.8 Å². The first kappa shape index (κ1) is 19.0. The third-order valence-electron chi connectivity index (χ3n) is 6.91. The summed E-state index contributed by atoms with van der Waals surface area (Å²) in [6.45, 7) is 7.51. The summed E-state index contributed by atoms with van der Waals surface area (Å²) in [4.78, 5) is 14.7. The summed E-state index contributed by atoms with van der Waals surface area (Å²) in [5, 5.41) is 14.4. The molecule has 2 aromatic rings. The number of nitrogens with zero attached hydrogens (tertiary/aromatic N) is 2. The molecule has 1 aromatic heterocycles. The van der Waals surface area contributed by atoms with Gasteiger partial charge in [-0.2, -0.15) is 0 Å². The highest BCUT2D eigenvalue weighted by Crippen LogP contribution is 2.56. The second-order valence-corrected chi connectivity index (χ2v) is 8.46. The van der Waals surface area contributed by atoms with E-state index in [2.05, 4.69) is 5.16 Å². The Morgan fingerprint density at radius 2 is 1.86 bits per heavy atom. The van der Waals surface area contributed by atoms with Crippen LogP contribution in [-0.2, 0) is 6.61 Å². The third kappa shape index (κ3) is 3.20. The Labute approximate surface area is 165 Å². The Morgan fingerprint density at radius 1 is 1.18 bits per heavy atom. The maximum absolute atomic E-state index is 12.8. The van der Waals surface area contributed by atoms with E-state index in [0.717, 1.165) is 42.7 Å². The molecule has 6 heteroatoms. The monoisotopic (exact) mass is 384 g/mol. The standard InChI is InChI=1S/C22H28N2O4/c1-15-19(16(2)28-23-15)14-27-18-6-4-17(5-7-18)20(25)24-12-10-22(11-13-24)9-8-21(22,3)26/h4-7,26H,8-14H2,1-3H3. The fraction of sp³-hybridized carbons (Fsp3) is 0.545. The van der Waals surface area contributed by atoms with Gasteiger partial charge in [0.2, 0.25) is 0 Å². The van der Waals surface area contributed by atoms with Crippen LogP contribution in [0.1, 0.15) is 60.0 Å². The van der Waals surface area contributed by atoms with E-state index in [1.54, 1.807) is 0 Å². The van der Waals surface area contributed by atoms with Crippen molar-refractivity contribution in [2.24, 2.45) is 5.41 Å².